The molecule has 62 valence electrons. The SMILES string of the molecule is CC(=O)CC(=O)NN=C(C)C. The molecule has 0 aromatic rings. The van der Waals surface area contributed by atoms with E-state index in [2.05, 4.69) is 10.5 Å². The zero-order chi connectivity index (χ0) is 8.85. The van der Waals surface area contributed by atoms with Gasteiger partial charge in [0.1, 0.15) is 5.78 Å². The van der Waals surface area contributed by atoms with Gasteiger partial charge >= 0.3 is 0 Å². The molecule has 0 aromatic heterocycles. The van der Waals surface area contributed by atoms with Crippen LogP contribution in [-0.2, 0) is 9.59 Å². The van der Waals surface area contributed by atoms with Crippen LogP contribution in [-0.4, -0.2) is 17.4 Å². The van der Waals surface area contributed by atoms with Gasteiger partial charge in [-0.2, -0.15) is 5.10 Å². The van der Waals surface area contributed by atoms with E-state index in [9.17, 15) is 9.59 Å². The van der Waals surface area contributed by atoms with Crippen LogP contribution < -0.4 is 5.43 Å². The first-order valence-corrected chi connectivity index (χ1v) is 3.31. The Morgan fingerprint density at radius 1 is 1.27 bits per heavy atom. The molecule has 4 nitrogen and oxygen atoms in total. The second-order valence-corrected chi connectivity index (χ2v) is 2.47. The van der Waals surface area contributed by atoms with Crippen LogP contribution in [0.5, 0.6) is 0 Å². The van der Waals surface area contributed by atoms with E-state index in [4.69, 9.17) is 0 Å². The van der Waals surface area contributed by atoms with Gasteiger partial charge in [-0.1, -0.05) is 0 Å². The molecule has 0 heterocycles. The van der Waals surface area contributed by atoms with Gasteiger partial charge in [0.2, 0.25) is 5.91 Å². The van der Waals surface area contributed by atoms with Crippen LogP contribution in [0.1, 0.15) is 27.2 Å². The zero-order valence-corrected chi connectivity index (χ0v) is 6.97. The van der Waals surface area contributed by atoms with Crippen molar-refractivity contribution in [1.29, 1.82) is 0 Å². The fourth-order valence-electron chi connectivity index (χ4n) is 0.440. The molecule has 0 aliphatic rings. The third-order valence-electron chi connectivity index (χ3n) is 0.814. The van der Waals surface area contributed by atoms with Gasteiger partial charge in [-0.25, -0.2) is 5.43 Å². The lowest BCUT2D eigenvalue weighted by Crippen LogP contribution is -2.20. The molecule has 0 rings (SSSR count). The molecule has 0 aliphatic heterocycles. The minimum absolute atomic E-state index is 0.100. The van der Waals surface area contributed by atoms with Crippen molar-refractivity contribution in [3.8, 4) is 0 Å². The summed E-state index contributed by atoms with van der Waals surface area (Å²) in [6.07, 6.45) is -0.100. The number of ketones is 1. The molecule has 0 spiro atoms. The molecule has 0 bridgehead atoms. The Balaban J connectivity index is 3.71. The van der Waals surface area contributed by atoms with E-state index in [1.807, 2.05) is 0 Å². The first-order chi connectivity index (χ1) is 5.02. The van der Waals surface area contributed by atoms with Gasteiger partial charge in [0.15, 0.2) is 0 Å². The van der Waals surface area contributed by atoms with Gasteiger partial charge in [0, 0.05) is 5.71 Å². The Morgan fingerprint density at radius 2 is 1.82 bits per heavy atom. The molecular formula is C7H12N2O2. The van der Waals surface area contributed by atoms with Crippen molar-refractivity contribution in [2.45, 2.75) is 27.2 Å². The lowest BCUT2D eigenvalue weighted by molar-refractivity contribution is -0.127. The van der Waals surface area contributed by atoms with Crippen LogP contribution in [0.15, 0.2) is 5.10 Å². The summed E-state index contributed by atoms with van der Waals surface area (Å²) < 4.78 is 0. The number of amides is 1. The van der Waals surface area contributed by atoms with Crippen LogP contribution >= 0.6 is 0 Å². The summed E-state index contributed by atoms with van der Waals surface area (Å²) in [7, 11) is 0. The predicted molar refractivity (Wildman–Crippen MR) is 42.2 cm³/mol. The third kappa shape index (κ3) is 6.70. The highest BCUT2D eigenvalue weighted by molar-refractivity contribution is 5.97. The number of rotatable bonds is 3. The van der Waals surface area contributed by atoms with Crippen LogP contribution in [0, 0.1) is 0 Å². The fourth-order valence-corrected chi connectivity index (χ4v) is 0.440. The van der Waals surface area contributed by atoms with E-state index < -0.39 is 0 Å². The molecule has 0 saturated carbocycles. The molecule has 0 aliphatic carbocycles. The van der Waals surface area contributed by atoms with Gasteiger partial charge in [-0.05, 0) is 20.8 Å². The number of hydrogen-bond donors (Lipinski definition) is 1. The third-order valence-corrected chi connectivity index (χ3v) is 0.814. The maximum Gasteiger partial charge on any atom is 0.247 e. The summed E-state index contributed by atoms with van der Waals surface area (Å²) in [5.41, 5.74) is 2.99. The van der Waals surface area contributed by atoms with Crippen molar-refractivity contribution in [3.05, 3.63) is 0 Å². The van der Waals surface area contributed by atoms with E-state index >= 15 is 0 Å². The lowest BCUT2D eigenvalue weighted by atomic mass is 10.3. The highest BCUT2D eigenvalue weighted by atomic mass is 16.2. The Kier molecular flexibility index (Phi) is 4.10. The number of carbonyl (C=O) groups excluding carboxylic acids is 2. The monoisotopic (exact) mass is 156 g/mol. The summed E-state index contributed by atoms with van der Waals surface area (Å²) in [6.45, 7) is 4.88. The number of hydrogen-bond acceptors (Lipinski definition) is 3. The Labute approximate surface area is 65.7 Å². The van der Waals surface area contributed by atoms with Crippen LogP contribution in [0.25, 0.3) is 0 Å². The summed E-state index contributed by atoms with van der Waals surface area (Å²) in [4.78, 5) is 21.1. The summed E-state index contributed by atoms with van der Waals surface area (Å²) in [5.74, 6) is -0.523. The predicted octanol–water partition coefficient (Wildman–Crippen LogP) is 0.477. The quantitative estimate of drug-likeness (QED) is 0.367. The Morgan fingerprint density at radius 3 is 2.18 bits per heavy atom. The minimum Gasteiger partial charge on any atom is -0.299 e. The molecule has 0 aromatic carbocycles. The van der Waals surface area contributed by atoms with Crippen LogP contribution in [0.3, 0.4) is 0 Å². The summed E-state index contributed by atoms with van der Waals surface area (Å²) >= 11 is 0. The Hall–Kier alpha value is -1.19. The largest absolute Gasteiger partial charge is 0.299 e. The number of hydrazone groups is 1. The van der Waals surface area contributed by atoms with Crippen LogP contribution in [0.4, 0.5) is 0 Å². The van der Waals surface area contributed by atoms with E-state index in [1.165, 1.54) is 6.92 Å². The first-order valence-electron chi connectivity index (χ1n) is 3.31. The van der Waals surface area contributed by atoms with E-state index in [-0.39, 0.29) is 18.1 Å². The number of nitrogens with one attached hydrogen (secondary N) is 1. The number of Topliss-reactive ketones (excluding diaryl/α,β-unsaturated/α-hetero) is 1. The smallest absolute Gasteiger partial charge is 0.247 e. The van der Waals surface area contributed by atoms with E-state index in [1.54, 1.807) is 13.8 Å². The van der Waals surface area contributed by atoms with E-state index in [0.717, 1.165) is 5.71 Å². The highest BCUT2D eigenvalue weighted by Crippen LogP contribution is 1.81. The average Bonchev–Trinajstić information content (AvgIpc) is 1.82. The second-order valence-electron chi connectivity index (χ2n) is 2.47. The van der Waals surface area contributed by atoms with Crippen molar-refractivity contribution < 1.29 is 9.59 Å². The molecule has 0 atom stereocenters. The zero-order valence-electron chi connectivity index (χ0n) is 6.97. The summed E-state index contributed by atoms with van der Waals surface area (Å²) in [5, 5.41) is 3.64. The van der Waals surface area contributed by atoms with Crippen molar-refractivity contribution in [1.82, 2.24) is 5.43 Å². The maximum atomic E-state index is 10.7. The maximum absolute atomic E-state index is 10.7. The fraction of sp³-hybridized carbons (Fsp3) is 0.571. The molecule has 4 heteroatoms. The number of nitrogens with zero attached hydrogens (tertiary/aromatic N) is 1. The second kappa shape index (κ2) is 4.60. The van der Waals surface area contributed by atoms with Gasteiger partial charge < -0.3 is 0 Å². The van der Waals surface area contributed by atoms with Gasteiger partial charge in [0.25, 0.3) is 0 Å². The molecule has 0 unspecified atom stereocenters. The Bertz CT molecular complexity index is 193. The molecule has 11 heavy (non-hydrogen) atoms. The first kappa shape index (κ1) is 9.81. The van der Waals surface area contributed by atoms with E-state index in [0.29, 0.717) is 0 Å². The van der Waals surface area contributed by atoms with Crippen LogP contribution in [0.2, 0.25) is 0 Å². The molecule has 0 fully saturated rings. The van der Waals surface area contributed by atoms with Crippen molar-refractivity contribution >= 4 is 17.4 Å². The molecule has 1 amide bonds. The normalized spacial score (nSPS) is 8.64. The standard InChI is InChI=1S/C7H12N2O2/c1-5(2)8-9-7(11)4-6(3)10/h4H2,1-3H3,(H,9,11). The molecule has 0 radical (unpaired) electrons. The number of carbonyl (C=O) groups is 2. The molecular weight excluding hydrogens is 144 g/mol. The van der Waals surface area contributed by atoms with Gasteiger partial charge in [-0.3, -0.25) is 9.59 Å². The lowest BCUT2D eigenvalue weighted by Gasteiger charge is -1.95. The molecule has 0 saturated heterocycles. The topological polar surface area (TPSA) is 58.5 Å². The minimum atomic E-state index is -0.362. The van der Waals surface area contributed by atoms with Gasteiger partial charge in [-0.15, -0.1) is 0 Å². The van der Waals surface area contributed by atoms with Gasteiger partial charge in [0.05, 0.1) is 6.42 Å². The summed E-state index contributed by atoms with van der Waals surface area (Å²) in [6, 6.07) is 0. The van der Waals surface area contributed by atoms with Crippen molar-refractivity contribution in [3.63, 3.8) is 0 Å². The average molecular weight is 156 g/mol. The van der Waals surface area contributed by atoms with Crippen molar-refractivity contribution in [2.24, 2.45) is 5.10 Å². The van der Waals surface area contributed by atoms with Crippen molar-refractivity contribution in [2.75, 3.05) is 0 Å². The molecule has 1 N–H and O–H groups in total. The highest BCUT2D eigenvalue weighted by Gasteiger charge is 2.01.